The highest BCUT2D eigenvalue weighted by atomic mass is 19.4. The van der Waals surface area contributed by atoms with Crippen LogP contribution < -0.4 is 0 Å². The Hall–Kier alpha value is -2.45. The van der Waals surface area contributed by atoms with Crippen LogP contribution in [0.15, 0.2) is 18.2 Å². The van der Waals surface area contributed by atoms with Gasteiger partial charge in [-0.25, -0.2) is 9.18 Å². The summed E-state index contributed by atoms with van der Waals surface area (Å²) >= 11 is 0. The lowest BCUT2D eigenvalue weighted by Crippen LogP contribution is -2.11. The van der Waals surface area contributed by atoms with Crippen molar-refractivity contribution in [3.63, 3.8) is 0 Å². The normalized spacial score (nSPS) is 11.5. The van der Waals surface area contributed by atoms with Crippen LogP contribution >= 0.6 is 0 Å². The van der Waals surface area contributed by atoms with Gasteiger partial charge in [0.2, 0.25) is 0 Å². The Morgan fingerprint density at radius 2 is 2.05 bits per heavy atom. The van der Waals surface area contributed by atoms with Gasteiger partial charge in [0.25, 0.3) is 0 Å². The first-order valence-corrected chi connectivity index (χ1v) is 5.79. The molecule has 0 spiro atoms. The average Bonchev–Trinajstić information content (AvgIpc) is 2.87. The summed E-state index contributed by atoms with van der Waals surface area (Å²) in [7, 11) is 0. The molecule has 0 bridgehead atoms. The summed E-state index contributed by atoms with van der Waals surface area (Å²) in [5.41, 5.74) is -2.45. The number of benzene rings is 1. The van der Waals surface area contributed by atoms with Gasteiger partial charge in [0.15, 0.2) is 5.69 Å². The van der Waals surface area contributed by atoms with E-state index in [4.69, 9.17) is 0 Å². The fraction of sp³-hybridized carbons (Fsp3) is 0.250. The number of nitrogens with zero attached hydrogens (tertiary/aromatic N) is 2. The highest BCUT2D eigenvalue weighted by Gasteiger charge is 2.36. The van der Waals surface area contributed by atoms with Crippen molar-refractivity contribution in [2.45, 2.75) is 13.1 Å². The van der Waals surface area contributed by atoms with Crippen LogP contribution in [0.3, 0.4) is 0 Å². The first-order valence-electron chi connectivity index (χ1n) is 5.79. The van der Waals surface area contributed by atoms with Crippen LogP contribution in [-0.2, 0) is 10.9 Å². The molecule has 0 unspecified atom stereocenters. The second-order valence-corrected chi connectivity index (χ2v) is 3.93. The van der Waals surface area contributed by atoms with Gasteiger partial charge in [-0.1, -0.05) is 0 Å². The molecule has 112 valence electrons. The fourth-order valence-corrected chi connectivity index (χ4v) is 1.72. The molecule has 1 heterocycles. The van der Waals surface area contributed by atoms with Gasteiger partial charge in [-0.3, -0.25) is 0 Å². The third kappa shape index (κ3) is 3.01. The van der Waals surface area contributed by atoms with Crippen LogP contribution in [0.1, 0.15) is 23.0 Å². The fourth-order valence-electron chi connectivity index (χ4n) is 1.72. The van der Waals surface area contributed by atoms with Crippen LogP contribution in [0.25, 0.3) is 11.3 Å². The number of H-pyrrole nitrogens is 1. The van der Waals surface area contributed by atoms with E-state index < -0.39 is 34.8 Å². The van der Waals surface area contributed by atoms with Crippen LogP contribution in [0, 0.1) is 5.82 Å². The zero-order chi connectivity index (χ0) is 15.6. The summed E-state index contributed by atoms with van der Waals surface area (Å²) in [6, 6.07) is 2.06. The quantitative estimate of drug-likeness (QED) is 0.699. The number of hydrogen-bond acceptors (Lipinski definition) is 4. The van der Waals surface area contributed by atoms with Crippen LogP contribution in [0.5, 0.6) is 0 Å². The number of carbonyl (C=O) groups excluding carboxylic acids is 1. The topological polar surface area (TPSA) is 67.9 Å². The molecule has 2 rings (SSSR count). The number of hydrogen-bond donors (Lipinski definition) is 1. The molecule has 1 aromatic carbocycles. The molecule has 0 aliphatic carbocycles. The van der Waals surface area contributed by atoms with Crippen molar-refractivity contribution in [3.8, 4) is 11.3 Å². The Morgan fingerprint density at radius 3 is 2.67 bits per heavy atom. The molecule has 1 aromatic heterocycles. The molecule has 0 amide bonds. The third-order valence-electron chi connectivity index (χ3n) is 2.56. The molecular formula is C12H9F4N3O2. The Bertz CT molecular complexity index is 667. The van der Waals surface area contributed by atoms with Crippen LogP contribution in [-0.4, -0.2) is 28.0 Å². The molecule has 0 atom stereocenters. The number of nitrogens with one attached hydrogen (secondary N) is 1. The molecule has 5 nitrogen and oxygen atoms in total. The molecule has 0 saturated carbocycles. The summed E-state index contributed by atoms with van der Waals surface area (Å²) in [5, 5.41) is 9.09. The Labute approximate surface area is 115 Å². The number of aromatic amines is 1. The number of halogens is 4. The summed E-state index contributed by atoms with van der Waals surface area (Å²) in [4.78, 5) is 11.6. The number of esters is 1. The molecule has 1 N–H and O–H groups in total. The molecule has 2 aromatic rings. The minimum absolute atomic E-state index is 0.0285. The molecule has 0 fully saturated rings. The minimum Gasteiger partial charge on any atom is -0.461 e. The van der Waals surface area contributed by atoms with E-state index in [0.717, 1.165) is 12.1 Å². The van der Waals surface area contributed by atoms with Gasteiger partial charge in [-0.05, 0) is 25.1 Å². The summed E-state index contributed by atoms with van der Waals surface area (Å²) in [5.74, 6) is -1.97. The van der Waals surface area contributed by atoms with Crippen molar-refractivity contribution >= 4 is 5.97 Å². The zero-order valence-corrected chi connectivity index (χ0v) is 10.7. The van der Waals surface area contributed by atoms with Gasteiger partial charge in [-0.15, -0.1) is 5.10 Å². The number of rotatable bonds is 3. The molecule has 0 aliphatic heterocycles. The summed E-state index contributed by atoms with van der Waals surface area (Å²) in [6.45, 7) is 1.57. The SMILES string of the molecule is CCOC(=O)c1n[nH]nc1-c1ccc(F)cc1C(F)(F)F. The number of carbonyl (C=O) groups is 1. The zero-order valence-electron chi connectivity index (χ0n) is 10.7. The van der Waals surface area contributed by atoms with Crippen molar-refractivity contribution in [1.29, 1.82) is 0 Å². The first-order chi connectivity index (χ1) is 9.84. The standard InChI is InChI=1S/C12H9F4N3O2/c1-2-21-11(20)10-9(17-19-18-10)7-4-3-6(13)5-8(7)12(14,15)16/h3-5H,2H2,1H3,(H,17,18,19). The van der Waals surface area contributed by atoms with E-state index in [1.54, 1.807) is 0 Å². The van der Waals surface area contributed by atoms with E-state index in [1.165, 1.54) is 6.92 Å². The second kappa shape index (κ2) is 5.51. The number of ether oxygens (including phenoxy) is 1. The van der Waals surface area contributed by atoms with Gasteiger partial charge < -0.3 is 4.74 Å². The van der Waals surface area contributed by atoms with Crippen LogP contribution in [0.2, 0.25) is 0 Å². The molecule has 0 aliphatic rings. The molecular weight excluding hydrogens is 294 g/mol. The number of aromatic nitrogens is 3. The highest BCUT2D eigenvalue weighted by molar-refractivity contribution is 5.94. The molecule has 9 heteroatoms. The highest BCUT2D eigenvalue weighted by Crippen LogP contribution is 2.37. The molecule has 0 saturated heterocycles. The summed E-state index contributed by atoms with van der Waals surface area (Å²) < 4.78 is 56.6. The minimum atomic E-state index is -4.80. The molecule has 21 heavy (non-hydrogen) atoms. The van der Waals surface area contributed by atoms with E-state index in [0.29, 0.717) is 6.07 Å². The summed E-state index contributed by atoms with van der Waals surface area (Å²) in [6.07, 6.45) is -4.80. The van der Waals surface area contributed by atoms with Crippen molar-refractivity contribution in [2.75, 3.05) is 6.61 Å². The van der Waals surface area contributed by atoms with E-state index in [1.807, 2.05) is 0 Å². The monoisotopic (exact) mass is 303 g/mol. The lowest BCUT2D eigenvalue weighted by molar-refractivity contribution is -0.137. The Kier molecular flexibility index (Phi) is 3.92. The number of alkyl halides is 3. The third-order valence-corrected chi connectivity index (χ3v) is 2.56. The van der Waals surface area contributed by atoms with E-state index in [2.05, 4.69) is 20.1 Å². The largest absolute Gasteiger partial charge is 0.461 e. The van der Waals surface area contributed by atoms with Crippen molar-refractivity contribution < 1.29 is 27.1 Å². The van der Waals surface area contributed by atoms with Crippen molar-refractivity contribution in [2.24, 2.45) is 0 Å². The lowest BCUT2D eigenvalue weighted by atomic mass is 10.0. The maximum Gasteiger partial charge on any atom is 0.417 e. The molecule has 0 radical (unpaired) electrons. The predicted molar refractivity (Wildman–Crippen MR) is 62.7 cm³/mol. The van der Waals surface area contributed by atoms with Crippen molar-refractivity contribution in [1.82, 2.24) is 15.4 Å². The lowest BCUT2D eigenvalue weighted by Gasteiger charge is -2.11. The van der Waals surface area contributed by atoms with Gasteiger partial charge in [0.1, 0.15) is 11.5 Å². The Balaban J connectivity index is 2.58. The smallest absolute Gasteiger partial charge is 0.417 e. The van der Waals surface area contributed by atoms with Crippen molar-refractivity contribution in [3.05, 3.63) is 35.3 Å². The van der Waals surface area contributed by atoms with E-state index in [-0.39, 0.29) is 12.3 Å². The average molecular weight is 303 g/mol. The van der Waals surface area contributed by atoms with Crippen LogP contribution in [0.4, 0.5) is 17.6 Å². The van der Waals surface area contributed by atoms with E-state index >= 15 is 0 Å². The second-order valence-electron chi connectivity index (χ2n) is 3.93. The Morgan fingerprint density at radius 1 is 1.33 bits per heavy atom. The maximum atomic E-state index is 13.1. The van der Waals surface area contributed by atoms with E-state index in [9.17, 15) is 22.4 Å². The van der Waals surface area contributed by atoms with Gasteiger partial charge in [0.05, 0.1) is 12.2 Å². The maximum absolute atomic E-state index is 13.1. The van der Waals surface area contributed by atoms with Gasteiger partial charge in [-0.2, -0.15) is 23.5 Å². The van der Waals surface area contributed by atoms with Gasteiger partial charge in [0, 0.05) is 5.56 Å². The van der Waals surface area contributed by atoms with Gasteiger partial charge >= 0.3 is 12.1 Å². The first kappa shape index (κ1) is 14.9. The predicted octanol–water partition coefficient (Wildman–Crippen LogP) is 2.81.